The number of ether oxygens (including phenoxy) is 1. The van der Waals surface area contributed by atoms with Gasteiger partial charge in [-0.15, -0.1) is 0 Å². The van der Waals surface area contributed by atoms with E-state index >= 15 is 0 Å². The van der Waals surface area contributed by atoms with Crippen LogP contribution in [-0.4, -0.2) is 24.8 Å². The van der Waals surface area contributed by atoms with Gasteiger partial charge in [-0.3, -0.25) is 0 Å². The second-order valence-electron chi connectivity index (χ2n) is 3.47. The molecule has 0 unspecified atom stereocenters. The molecule has 6 nitrogen and oxygen atoms in total. The van der Waals surface area contributed by atoms with Crippen molar-refractivity contribution in [2.75, 3.05) is 13.2 Å². The largest absolute Gasteiger partial charge is 0.449 e. The summed E-state index contributed by atoms with van der Waals surface area (Å²) < 4.78 is 4.71. The lowest BCUT2D eigenvalue weighted by molar-refractivity contribution is 0.141. The molecule has 0 aromatic carbocycles. The van der Waals surface area contributed by atoms with Gasteiger partial charge in [0.2, 0.25) is 0 Å². The molecule has 0 rings (SSSR count). The number of rotatable bonds is 3. The molecule has 0 saturated carbocycles. The first kappa shape index (κ1) is 11.6. The number of hydrogen-bond acceptors (Lipinski definition) is 3. The van der Waals surface area contributed by atoms with E-state index in [1.54, 1.807) is 0 Å². The van der Waals surface area contributed by atoms with E-state index in [-0.39, 0.29) is 18.7 Å². The molecule has 0 spiro atoms. The number of carbonyl (C=O) groups is 1. The summed E-state index contributed by atoms with van der Waals surface area (Å²) in [5.41, 5.74) is 7.61. The Balaban J connectivity index is 3.58. The van der Waals surface area contributed by atoms with Gasteiger partial charge in [-0.2, -0.15) is 0 Å². The molecule has 0 atom stereocenters. The number of nitrogens with one attached hydrogen (secondary N) is 1. The molecule has 74 valence electrons. The van der Waals surface area contributed by atoms with E-state index in [1.807, 2.05) is 20.8 Å². The van der Waals surface area contributed by atoms with Crippen LogP contribution in [0.3, 0.4) is 0 Å². The SMILES string of the molecule is CC(C)(C)NC(=O)OCCN=[N+]=[N-]. The molecule has 0 aliphatic carbocycles. The topological polar surface area (TPSA) is 87.1 Å². The zero-order valence-electron chi connectivity index (χ0n) is 8.07. The smallest absolute Gasteiger partial charge is 0.407 e. The van der Waals surface area contributed by atoms with Crippen molar-refractivity contribution in [3.63, 3.8) is 0 Å². The van der Waals surface area contributed by atoms with Gasteiger partial charge in [-0.25, -0.2) is 4.79 Å². The maximum absolute atomic E-state index is 11.0. The van der Waals surface area contributed by atoms with Crippen LogP contribution in [0.15, 0.2) is 5.11 Å². The van der Waals surface area contributed by atoms with Crippen molar-refractivity contribution in [2.45, 2.75) is 26.3 Å². The molecular weight excluding hydrogens is 172 g/mol. The molecular formula is C7H14N4O2. The van der Waals surface area contributed by atoms with Gasteiger partial charge in [0.25, 0.3) is 0 Å². The molecule has 0 aromatic heterocycles. The number of azide groups is 1. The summed E-state index contributed by atoms with van der Waals surface area (Å²) in [6, 6.07) is 0. The van der Waals surface area contributed by atoms with Crippen molar-refractivity contribution in [3.05, 3.63) is 10.4 Å². The summed E-state index contributed by atoms with van der Waals surface area (Å²) in [4.78, 5) is 13.5. The highest BCUT2D eigenvalue weighted by Gasteiger charge is 2.13. The minimum absolute atomic E-state index is 0.103. The van der Waals surface area contributed by atoms with Crippen molar-refractivity contribution in [1.29, 1.82) is 0 Å². The van der Waals surface area contributed by atoms with E-state index in [0.29, 0.717) is 0 Å². The summed E-state index contributed by atoms with van der Waals surface area (Å²) in [5, 5.41) is 5.82. The maximum Gasteiger partial charge on any atom is 0.407 e. The first-order valence-electron chi connectivity index (χ1n) is 3.91. The average Bonchev–Trinajstić information content (AvgIpc) is 1.94. The Hall–Kier alpha value is -1.42. The van der Waals surface area contributed by atoms with Crippen molar-refractivity contribution >= 4 is 6.09 Å². The monoisotopic (exact) mass is 186 g/mol. The van der Waals surface area contributed by atoms with Gasteiger partial charge in [0.1, 0.15) is 0 Å². The second kappa shape index (κ2) is 5.27. The summed E-state index contributed by atoms with van der Waals surface area (Å²) in [5.74, 6) is 0. The van der Waals surface area contributed by atoms with Crippen LogP contribution in [-0.2, 0) is 4.74 Å². The third-order valence-electron chi connectivity index (χ3n) is 0.965. The van der Waals surface area contributed by atoms with Crippen molar-refractivity contribution < 1.29 is 9.53 Å². The summed E-state index contributed by atoms with van der Waals surface area (Å²) in [6.07, 6.45) is -0.499. The minimum Gasteiger partial charge on any atom is -0.449 e. The fraction of sp³-hybridized carbons (Fsp3) is 0.857. The van der Waals surface area contributed by atoms with Crippen LogP contribution in [0.5, 0.6) is 0 Å². The highest BCUT2D eigenvalue weighted by atomic mass is 16.5. The Kier molecular flexibility index (Phi) is 4.69. The van der Waals surface area contributed by atoms with E-state index in [2.05, 4.69) is 15.3 Å². The fourth-order valence-electron chi connectivity index (χ4n) is 0.566. The third-order valence-corrected chi connectivity index (χ3v) is 0.965. The van der Waals surface area contributed by atoms with Crippen molar-refractivity contribution in [3.8, 4) is 0 Å². The lowest BCUT2D eigenvalue weighted by Crippen LogP contribution is -2.41. The normalized spacial score (nSPS) is 10.1. The van der Waals surface area contributed by atoms with E-state index in [9.17, 15) is 4.79 Å². The fourth-order valence-corrected chi connectivity index (χ4v) is 0.566. The van der Waals surface area contributed by atoms with E-state index < -0.39 is 6.09 Å². The number of nitrogens with zero attached hydrogens (tertiary/aromatic N) is 3. The van der Waals surface area contributed by atoms with E-state index in [0.717, 1.165) is 0 Å². The first-order valence-corrected chi connectivity index (χ1v) is 3.91. The Morgan fingerprint density at radius 3 is 2.69 bits per heavy atom. The molecule has 1 amide bonds. The zero-order valence-corrected chi connectivity index (χ0v) is 8.07. The molecule has 0 aromatic rings. The molecule has 0 bridgehead atoms. The average molecular weight is 186 g/mol. The van der Waals surface area contributed by atoms with Crippen LogP contribution in [0, 0.1) is 0 Å². The van der Waals surface area contributed by atoms with Gasteiger partial charge in [-0.1, -0.05) is 5.11 Å². The molecule has 0 heterocycles. The zero-order chi connectivity index (χ0) is 10.3. The molecule has 1 N–H and O–H groups in total. The first-order chi connectivity index (χ1) is 5.95. The molecule has 0 saturated heterocycles. The van der Waals surface area contributed by atoms with Crippen LogP contribution in [0.1, 0.15) is 20.8 Å². The van der Waals surface area contributed by atoms with Gasteiger partial charge in [0.05, 0.1) is 13.2 Å². The highest BCUT2D eigenvalue weighted by Crippen LogP contribution is 1.98. The van der Waals surface area contributed by atoms with Gasteiger partial charge in [0, 0.05) is 10.5 Å². The Morgan fingerprint density at radius 2 is 2.23 bits per heavy atom. The standard InChI is InChI=1S/C7H14N4O2/c1-7(2,3)10-6(12)13-5-4-9-11-8/h4-5H2,1-3H3,(H,10,12). The number of carbonyl (C=O) groups excluding carboxylic acids is 1. The quantitative estimate of drug-likeness (QED) is 0.315. The number of alkyl carbamates (subject to hydrolysis) is 1. The minimum atomic E-state index is -0.499. The van der Waals surface area contributed by atoms with Gasteiger partial charge in [-0.05, 0) is 26.3 Å². The molecule has 0 fully saturated rings. The lowest BCUT2D eigenvalue weighted by atomic mass is 10.1. The number of amides is 1. The lowest BCUT2D eigenvalue weighted by Gasteiger charge is -2.19. The summed E-state index contributed by atoms with van der Waals surface area (Å²) >= 11 is 0. The van der Waals surface area contributed by atoms with E-state index in [4.69, 9.17) is 10.3 Å². The van der Waals surface area contributed by atoms with Gasteiger partial charge in [0.15, 0.2) is 0 Å². The Morgan fingerprint density at radius 1 is 1.62 bits per heavy atom. The Labute approximate surface area is 76.9 Å². The van der Waals surface area contributed by atoms with Crippen molar-refractivity contribution in [1.82, 2.24) is 5.32 Å². The maximum atomic E-state index is 11.0. The molecule has 6 heteroatoms. The number of hydrogen-bond donors (Lipinski definition) is 1. The van der Waals surface area contributed by atoms with Crippen LogP contribution >= 0.6 is 0 Å². The second-order valence-corrected chi connectivity index (χ2v) is 3.47. The predicted molar refractivity (Wildman–Crippen MR) is 48.2 cm³/mol. The van der Waals surface area contributed by atoms with Crippen LogP contribution in [0.2, 0.25) is 0 Å². The van der Waals surface area contributed by atoms with Crippen LogP contribution in [0.4, 0.5) is 4.79 Å². The van der Waals surface area contributed by atoms with Gasteiger partial charge >= 0.3 is 6.09 Å². The third kappa shape index (κ3) is 8.49. The van der Waals surface area contributed by atoms with Crippen LogP contribution < -0.4 is 5.32 Å². The molecule has 0 aliphatic heterocycles. The molecule has 0 aliphatic rings. The molecule has 0 radical (unpaired) electrons. The van der Waals surface area contributed by atoms with Gasteiger partial charge < -0.3 is 10.1 Å². The predicted octanol–water partition coefficient (Wildman–Crippen LogP) is 1.82. The van der Waals surface area contributed by atoms with E-state index in [1.165, 1.54) is 0 Å². The Bertz CT molecular complexity index is 215. The molecule has 13 heavy (non-hydrogen) atoms. The van der Waals surface area contributed by atoms with Crippen molar-refractivity contribution in [2.24, 2.45) is 5.11 Å². The summed E-state index contributed by atoms with van der Waals surface area (Å²) in [6.45, 7) is 5.81. The summed E-state index contributed by atoms with van der Waals surface area (Å²) in [7, 11) is 0. The highest BCUT2D eigenvalue weighted by molar-refractivity contribution is 5.68. The van der Waals surface area contributed by atoms with Crippen LogP contribution in [0.25, 0.3) is 10.4 Å².